The van der Waals surface area contributed by atoms with E-state index in [2.05, 4.69) is 15.3 Å². The van der Waals surface area contributed by atoms with Crippen LogP contribution in [0.25, 0.3) is 10.2 Å². The van der Waals surface area contributed by atoms with E-state index in [0.717, 1.165) is 21.0 Å². The fourth-order valence-corrected chi connectivity index (χ4v) is 3.40. The molecule has 2 aromatic carbocycles. The number of thiazole rings is 1. The van der Waals surface area contributed by atoms with Crippen LogP contribution in [-0.2, 0) is 0 Å². The molecular weight excluding hydrogens is 351 g/mol. The molecule has 0 saturated heterocycles. The van der Waals surface area contributed by atoms with Crippen LogP contribution < -0.4 is 10.2 Å². The largest absolute Gasteiger partial charge is 0.326 e. The number of fused-ring (bicyclic) bond motifs is 1. The van der Waals surface area contributed by atoms with Gasteiger partial charge in [-0.05, 0) is 42.5 Å². The van der Waals surface area contributed by atoms with Gasteiger partial charge in [-0.3, -0.25) is 9.89 Å². The van der Waals surface area contributed by atoms with E-state index in [9.17, 15) is 0 Å². The van der Waals surface area contributed by atoms with Crippen LogP contribution in [0.3, 0.4) is 0 Å². The Bertz CT molecular complexity index is 858. The van der Waals surface area contributed by atoms with Gasteiger partial charge in [0.25, 0.3) is 0 Å². The Labute approximate surface area is 148 Å². The number of hydrogen-bond donors (Lipinski definition) is 1. The fourth-order valence-electron chi connectivity index (χ4n) is 2.07. The van der Waals surface area contributed by atoms with Gasteiger partial charge in [-0.15, -0.1) is 0 Å². The van der Waals surface area contributed by atoms with Crippen molar-refractivity contribution in [1.29, 1.82) is 0 Å². The molecule has 0 fully saturated rings. The van der Waals surface area contributed by atoms with Crippen LogP contribution in [0.2, 0.25) is 10.0 Å². The standard InChI is InChI=1S/C16H14Cl2N4S/c1-19-15(20-12-6-3-10(17)4-7-12)22(2)16-21-13-8-5-11(18)9-14(13)23-16/h3-9H,1-2H3,(H,19,20). The summed E-state index contributed by atoms with van der Waals surface area (Å²) >= 11 is 13.5. The lowest BCUT2D eigenvalue weighted by Crippen LogP contribution is -2.32. The van der Waals surface area contributed by atoms with E-state index in [-0.39, 0.29) is 0 Å². The van der Waals surface area contributed by atoms with Gasteiger partial charge < -0.3 is 5.32 Å². The number of rotatable bonds is 2. The summed E-state index contributed by atoms with van der Waals surface area (Å²) < 4.78 is 1.04. The molecule has 0 spiro atoms. The summed E-state index contributed by atoms with van der Waals surface area (Å²) in [7, 11) is 3.66. The summed E-state index contributed by atoms with van der Waals surface area (Å²) in [5.41, 5.74) is 1.83. The van der Waals surface area contributed by atoms with Gasteiger partial charge in [0.15, 0.2) is 5.13 Å². The van der Waals surface area contributed by atoms with Crippen molar-refractivity contribution in [3.63, 3.8) is 0 Å². The van der Waals surface area contributed by atoms with Crippen molar-refractivity contribution >= 4 is 61.5 Å². The highest BCUT2D eigenvalue weighted by Crippen LogP contribution is 2.30. The predicted molar refractivity (Wildman–Crippen MR) is 101 cm³/mol. The smallest absolute Gasteiger partial charge is 0.204 e. The van der Waals surface area contributed by atoms with Crippen molar-refractivity contribution in [2.45, 2.75) is 0 Å². The Morgan fingerprint density at radius 2 is 1.83 bits per heavy atom. The minimum atomic E-state index is 0.692. The summed E-state index contributed by atoms with van der Waals surface area (Å²) in [5.74, 6) is 0.692. The molecule has 1 aromatic heterocycles. The molecule has 7 heteroatoms. The molecule has 3 rings (SSSR count). The zero-order valence-electron chi connectivity index (χ0n) is 12.5. The first kappa shape index (κ1) is 16.1. The lowest BCUT2D eigenvalue weighted by Gasteiger charge is -2.19. The minimum Gasteiger partial charge on any atom is -0.326 e. The molecule has 23 heavy (non-hydrogen) atoms. The van der Waals surface area contributed by atoms with Crippen LogP contribution in [0.1, 0.15) is 0 Å². The van der Waals surface area contributed by atoms with E-state index in [1.165, 1.54) is 0 Å². The van der Waals surface area contributed by atoms with E-state index in [1.807, 2.05) is 54.4 Å². The molecule has 4 nitrogen and oxygen atoms in total. The van der Waals surface area contributed by atoms with E-state index >= 15 is 0 Å². The van der Waals surface area contributed by atoms with Crippen molar-refractivity contribution in [3.8, 4) is 0 Å². The molecule has 0 radical (unpaired) electrons. The number of halogens is 2. The van der Waals surface area contributed by atoms with Gasteiger partial charge in [0.1, 0.15) is 0 Å². The molecule has 118 valence electrons. The van der Waals surface area contributed by atoms with Crippen molar-refractivity contribution in [3.05, 3.63) is 52.5 Å². The van der Waals surface area contributed by atoms with E-state index in [0.29, 0.717) is 16.0 Å². The van der Waals surface area contributed by atoms with Crippen LogP contribution >= 0.6 is 34.5 Å². The molecule has 0 atom stereocenters. The Balaban J connectivity index is 1.86. The number of hydrogen-bond acceptors (Lipinski definition) is 3. The van der Waals surface area contributed by atoms with Crippen molar-refractivity contribution in [2.75, 3.05) is 24.3 Å². The number of nitrogens with one attached hydrogen (secondary N) is 1. The Morgan fingerprint density at radius 3 is 2.52 bits per heavy atom. The zero-order valence-corrected chi connectivity index (χ0v) is 14.9. The molecule has 0 aliphatic carbocycles. The molecule has 0 amide bonds. The monoisotopic (exact) mass is 364 g/mol. The minimum absolute atomic E-state index is 0.692. The van der Waals surface area contributed by atoms with Crippen LogP contribution in [0.15, 0.2) is 47.5 Å². The third-order valence-corrected chi connectivity index (χ3v) is 4.84. The number of benzene rings is 2. The van der Waals surface area contributed by atoms with Crippen molar-refractivity contribution in [1.82, 2.24) is 4.98 Å². The van der Waals surface area contributed by atoms with E-state index in [1.54, 1.807) is 18.4 Å². The van der Waals surface area contributed by atoms with Crippen LogP contribution in [0, 0.1) is 0 Å². The van der Waals surface area contributed by atoms with Gasteiger partial charge in [-0.1, -0.05) is 34.5 Å². The quantitative estimate of drug-likeness (QED) is 0.505. The predicted octanol–water partition coefficient (Wildman–Crippen LogP) is 5.14. The lowest BCUT2D eigenvalue weighted by atomic mass is 10.3. The number of guanidine groups is 1. The van der Waals surface area contributed by atoms with Crippen molar-refractivity contribution in [2.24, 2.45) is 4.99 Å². The fraction of sp³-hybridized carbons (Fsp3) is 0.125. The molecule has 0 saturated carbocycles. The molecule has 1 N–H and O–H groups in total. The third kappa shape index (κ3) is 3.58. The van der Waals surface area contributed by atoms with E-state index < -0.39 is 0 Å². The second-order valence-corrected chi connectivity index (χ2v) is 6.73. The average molecular weight is 365 g/mol. The van der Waals surface area contributed by atoms with Crippen LogP contribution in [-0.4, -0.2) is 25.0 Å². The zero-order chi connectivity index (χ0) is 16.4. The maximum absolute atomic E-state index is 6.04. The number of nitrogens with zero attached hydrogens (tertiary/aromatic N) is 3. The second kappa shape index (κ2) is 6.74. The molecule has 0 aliphatic rings. The van der Waals surface area contributed by atoms with Gasteiger partial charge in [-0.2, -0.15) is 0 Å². The maximum atomic E-state index is 6.04. The summed E-state index contributed by atoms with van der Waals surface area (Å²) in [6, 6.07) is 13.1. The number of aliphatic imine (C=N–C) groups is 1. The Hall–Kier alpha value is -1.82. The molecule has 0 unspecified atom stereocenters. The highest BCUT2D eigenvalue weighted by Gasteiger charge is 2.14. The Morgan fingerprint density at radius 1 is 1.13 bits per heavy atom. The molecular formula is C16H14Cl2N4S. The molecule has 0 aliphatic heterocycles. The first-order chi connectivity index (χ1) is 11.1. The highest BCUT2D eigenvalue weighted by molar-refractivity contribution is 7.22. The molecule has 0 bridgehead atoms. The van der Waals surface area contributed by atoms with Gasteiger partial charge >= 0.3 is 0 Å². The number of anilines is 2. The van der Waals surface area contributed by atoms with E-state index in [4.69, 9.17) is 23.2 Å². The second-order valence-electron chi connectivity index (χ2n) is 4.85. The molecule has 3 aromatic rings. The first-order valence-corrected chi connectivity index (χ1v) is 8.43. The highest BCUT2D eigenvalue weighted by atomic mass is 35.5. The van der Waals surface area contributed by atoms with Crippen LogP contribution in [0.4, 0.5) is 10.8 Å². The van der Waals surface area contributed by atoms with Crippen LogP contribution in [0.5, 0.6) is 0 Å². The van der Waals surface area contributed by atoms with Gasteiger partial charge in [0.05, 0.1) is 10.2 Å². The topological polar surface area (TPSA) is 40.5 Å². The maximum Gasteiger partial charge on any atom is 0.204 e. The van der Waals surface area contributed by atoms with Gasteiger partial charge in [0, 0.05) is 29.8 Å². The summed E-state index contributed by atoms with van der Waals surface area (Å²) in [6.07, 6.45) is 0. The van der Waals surface area contributed by atoms with Crippen molar-refractivity contribution < 1.29 is 0 Å². The van der Waals surface area contributed by atoms with Gasteiger partial charge in [0.2, 0.25) is 5.96 Å². The average Bonchev–Trinajstić information content (AvgIpc) is 2.96. The first-order valence-electron chi connectivity index (χ1n) is 6.86. The van der Waals surface area contributed by atoms with Gasteiger partial charge in [-0.25, -0.2) is 4.98 Å². The normalized spacial score (nSPS) is 11.7. The SMILES string of the molecule is CN=C(Nc1ccc(Cl)cc1)N(C)c1nc2ccc(Cl)cc2s1. The molecule has 1 heterocycles. The summed E-state index contributed by atoms with van der Waals surface area (Å²) in [5, 5.41) is 5.51. The number of aromatic nitrogens is 1. The summed E-state index contributed by atoms with van der Waals surface area (Å²) in [6.45, 7) is 0. The lowest BCUT2D eigenvalue weighted by molar-refractivity contribution is 1.19. The Kier molecular flexibility index (Phi) is 4.71. The summed E-state index contributed by atoms with van der Waals surface area (Å²) in [4.78, 5) is 10.8. The third-order valence-electron chi connectivity index (χ3n) is 3.26.